The summed E-state index contributed by atoms with van der Waals surface area (Å²) in [6, 6.07) is 0. The van der Waals surface area contributed by atoms with Gasteiger partial charge in [-0.25, -0.2) is 15.0 Å². The summed E-state index contributed by atoms with van der Waals surface area (Å²) in [5, 5.41) is 3.86. The van der Waals surface area contributed by atoms with Crippen molar-refractivity contribution in [2.75, 3.05) is 5.32 Å². The van der Waals surface area contributed by atoms with Crippen LogP contribution in [0.4, 0.5) is 11.1 Å². The molecule has 0 atom stereocenters. The third kappa shape index (κ3) is 2.38. The van der Waals surface area contributed by atoms with Gasteiger partial charge in [0, 0.05) is 27.0 Å². The standard InChI is InChI=1S/C8H7IN4S/c1-5-2-12-8(14-5)13-7-10-3-6(9)4-11-7/h2-4H,1H3,(H,10,11,12,13). The molecule has 0 aliphatic heterocycles. The summed E-state index contributed by atoms with van der Waals surface area (Å²) in [4.78, 5) is 13.6. The highest BCUT2D eigenvalue weighted by molar-refractivity contribution is 14.1. The van der Waals surface area contributed by atoms with Crippen molar-refractivity contribution in [3.63, 3.8) is 0 Å². The van der Waals surface area contributed by atoms with E-state index >= 15 is 0 Å². The first-order valence-corrected chi connectivity index (χ1v) is 5.80. The highest BCUT2D eigenvalue weighted by Gasteiger charge is 2.00. The maximum absolute atomic E-state index is 4.16. The van der Waals surface area contributed by atoms with E-state index in [-0.39, 0.29) is 0 Å². The van der Waals surface area contributed by atoms with Crippen LogP contribution in [0.25, 0.3) is 0 Å². The molecule has 1 N–H and O–H groups in total. The van der Waals surface area contributed by atoms with Gasteiger partial charge >= 0.3 is 0 Å². The minimum absolute atomic E-state index is 0.583. The largest absolute Gasteiger partial charge is 0.300 e. The average molecular weight is 318 g/mol. The van der Waals surface area contributed by atoms with E-state index in [2.05, 4.69) is 42.9 Å². The Labute approximate surface area is 99.0 Å². The van der Waals surface area contributed by atoms with E-state index in [1.54, 1.807) is 23.7 Å². The van der Waals surface area contributed by atoms with Crippen LogP contribution in [0.2, 0.25) is 0 Å². The lowest BCUT2D eigenvalue weighted by molar-refractivity contribution is 1.14. The van der Waals surface area contributed by atoms with Crippen LogP contribution in [0.1, 0.15) is 4.88 Å². The van der Waals surface area contributed by atoms with Gasteiger partial charge in [0.2, 0.25) is 5.95 Å². The van der Waals surface area contributed by atoms with E-state index in [1.165, 1.54) is 0 Å². The topological polar surface area (TPSA) is 50.7 Å². The van der Waals surface area contributed by atoms with Crippen molar-refractivity contribution in [3.8, 4) is 0 Å². The summed E-state index contributed by atoms with van der Waals surface area (Å²) in [7, 11) is 0. The number of nitrogens with one attached hydrogen (secondary N) is 1. The number of aryl methyl sites for hydroxylation is 1. The molecule has 0 spiro atoms. The lowest BCUT2D eigenvalue weighted by atomic mass is 10.6. The molecule has 72 valence electrons. The normalized spacial score (nSPS) is 10.1. The molecule has 0 saturated heterocycles. The maximum atomic E-state index is 4.16. The highest BCUT2D eigenvalue weighted by Crippen LogP contribution is 2.19. The van der Waals surface area contributed by atoms with E-state index in [0.29, 0.717) is 5.95 Å². The van der Waals surface area contributed by atoms with Crippen molar-refractivity contribution in [1.82, 2.24) is 15.0 Å². The maximum Gasteiger partial charge on any atom is 0.228 e. The zero-order valence-electron chi connectivity index (χ0n) is 7.36. The Morgan fingerprint density at radius 2 is 1.93 bits per heavy atom. The molecular formula is C8H7IN4S. The van der Waals surface area contributed by atoms with E-state index in [4.69, 9.17) is 0 Å². The second kappa shape index (κ2) is 4.18. The molecule has 0 aliphatic carbocycles. The van der Waals surface area contributed by atoms with Crippen LogP contribution in [-0.4, -0.2) is 15.0 Å². The zero-order chi connectivity index (χ0) is 9.97. The molecule has 0 bridgehead atoms. The molecular weight excluding hydrogens is 311 g/mol. The van der Waals surface area contributed by atoms with Gasteiger partial charge in [-0.2, -0.15) is 0 Å². The molecule has 0 amide bonds. The fraction of sp³-hybridized carbons (Fsp3) is 0.125. The first-order chi connectivity index (χ1) is 6.74. The van der Waals surface area contributed by atoms with Gasteiger partial charge in [-0.05, 0) is 29.5 Å². The summed E-state index contributed by atoms with van der Waals surface area (Å²) in [6.07, 6.45) is 5.34. The minimum atomic E-state index is 0.583. The quantitative estimate of drug-likeness (QED) is 0.865. The Balaban J connectivity index is 2.15. The third-order valence-electron chi connectivity index (χ3n) is 1.46. The first-order valence-electron chi connectivity index (χ1n) is 3.91. The number of rotatable bonds is 2. The minimum Gasteiger partial charge on any atom is -0.300 e. The van der Waals surface area contributed by atoms with Crippen LogP contribution in [0.5, 0.6) is 0 Å². The molecule has 0 radical (unpaired) electrons. The van der Waals surface area contributed by atoms with Crippen molar-refractivity contribution in [3.05, 3.63) is 27.0 Å². The molecule has 6 heteroatoms. The molecule has 0 unspecified atom stereocenters. The van der Waals surface area contributed by atoms with Crippen molar-refractivity contribution in [1.29, 1.82) is 0 Å². The lowest BCUT2D eigenvalue weighted by Crippen LogP contribution is -1.95. The fourth-order valence-corrected chi connectivity index (χ4v) is 1.82. The van der Waals surface area contributed by atoms with Gasteiger partial charge in [-0.15, -0.1) is 11.3 Å². The second-order valence-electron chi connectivity index (χ2n) is 2.63. The van der Waals surface area contributed by atoms with Gasteiger partial charge in [-0.1, -0.05) is 0 Å². The van der Waals surface area contributed by atoms with Crippen molar-refractivity contribution >= 4 is 45.0 Å². The Kier molecular flexibility index (Phi) is 2.92. The molecule has 2 aromatic rings. The molecule has 2 rings (SSSR count). The smallest absolute Gasteiger partial charge is 0.228 e. The van der Waals surface area contributed by atoms with Crippen molar-refractivity contribution < 1.29 is 0 Å². The Bertz CT molecular complexity index is 425. The number of hydrogen-bond acceptors (Lipinski definition) is 5. The number of hydrogen-bond donors (Lipinski definition) is 1. The predicted octanol–water partition coefficient (Wildman–Crippen LogP) is 2.59. The number of nitrogens with zero attached hydrogens (tertiary/aromatic N) is 3. The van der Waals surface area contributed by atoms with Gasteiger partial charge in [0.25, 0.3) is 0 Å². The third-order valence-corrected chi connectivity index (χ3v) is 2.85. The van der Waals surface area contributed by atoms with Crippen LogP contribution in [0, 0.1) is 10.5 Å². The molecule has 2 aromatic heterocycles. The van der Waals surface area contributed by atoms with E-state index in [1.807, 2.05) is 13.1 Å². The van der Waals surface area contributed by atoms with Crippen molar-refractivity contribution in [2.24, 2.45) is 0 Å². The van der Waals surface area contributed by atoms with Crippen LogP contribution >= 0.6 is 33.9 Å². The molecule has 0 saturated carbocycles. The monoisotopic (exact) mass is 318 g/mol. The molecule has 0 aliphatic rings. The van der Waals surface area contributed by atoms with Crippen LogP contribution in [0.15, 0.2) is 18.6 Å². The summed E-state index contributed by atoms with van der Waals surface area (Å²) in [5.41, 5.74) is 0. The molecule has 2 heterocycles. The molecule has 4 nitrogen and oxygen atoms in total. The SMILES string of the molecule is Cc1cnc(Nc2ncc(I)cn2)s1. The fourth-order valence-electron chi connectivity index (χ4n) is 0.885. The molecule has 0 fully saturated rings. The average Bonchev–Trinajstić information content (AvgIpc) is 2.56. The molecule has 0 aromatic carbocycles. The van der Waals surface area contributed by atoms with E-state index < -0.39 is 0 Å². The lowest BCUT2D eigenvalue weighted by Gasteiger charge is -1.98. The van der Waals surface area contributed by atoms with Gasteiger partial charge in [0.15, 0.2) is 5.13 Å². The van der Waals surface area contributed by atoms with Gasteiger partial charge in [0.05, 0.1) is 0 Å². The Hall–Kier alpha value is -0.760. The first kappa shape index (κ1) is 9.78. The van der Waals surface area contributed by atoms with E-state index in [9.17, 15) is 0 Å². The Morgan fingerprint density at radius 3 is 2.50 bits per heavy atom. The summed E-state index contributed by atoms with van der Waals surface area (Å²) >= 11 is 3.75. The molecule has 14 heavy (non-hydrogen) atoms. The van der Waals surface area contributed by atoms with Crippen LogP contribution < -0.4 is 5.32 Å². The van der Waals surface area contributed by atoms with Gasteiger partial charge in [0.1, 0.15) is 0 Å². The van der Waals surface area contributed by atoms with Crippen molar-refractivity contribution in [2.45, 2.75) is 6.92 Å². The predicted molar refractivity (Wildman–Crippen MR) is 64.9 cm³/mol. The summed E-state index contributed by atoms with van der Waals surface area (Å²) < 4.78 is 1.02. The Morgan fingerprint density at radius 1 is 1.21 bits per heavy atom. The van der Waals surface area contributed by atoms with Gasteiger partial charge in [-0.3, -0.25) is 0 Å². The summed E-state index contributed by atoms with van der Waals surface area (Å²) in [6.45, 7) is 2.01. The number of anilines is 2. The highest BCUT2D eigenvalue weighted by atomic mass is 127. The van der Waals surface area contributed by atoms with E-state index in [0.717, 1.165) is 13.6 Å². The zero-order valence-corrected chi connectivity index (χ0v) is 10.3. The van der Waals surface area contributed by atoms with Crippen LogP contribution in [0.3, 0.4) is 0 Å². The number of halogens is 1. The second-order valence-corrected chi connectivity index (χ2v) is 5.11. The summed E-state index contributed by atoms with van der Waals surface area (Å²) in [5.74, 6) is 0.583. The number of aromatic nitrogens is 3. The van der Waals surface area contributed by atoms with Crippen LogP contribution in [-0.2, 0) is 0 Å². The van der Waals surface area contributed by atoms with Gasteiger partial charge < -0.3 is 5.32 Å². The number of thiazole rings is 1.